The van der Waals surface area contributed by atoms with Gasteiger partial charge in [0.2, 0.25) is 0 Å². The molecule has 0 unspecified atom stereocenters. The van der Waals surface area contributed by atoms with Gasteiger partial charge in [-0.2, -0.15) is 0 Å². The molecule has 1 aliphatic heterocycles. The van der Waals surface area contributed by atoms with Crippen LogP contribution in [0.1, 0.15) is 36.6 Å². The largest absolute Gasteiger partial charge is 0.483 e. The maximum absolute atomic E-state index is 9.09. The minimum absolute atomic E-state index is 0.598. The van der Waals surface area contributed by atoms with E-state index in [2.05, 4.69) is 14.9 Å². The van der Waals surface area contributed by atoms with Crippen LogP contribution in [0.3, 0.4) is 0 Å². The molecule has 0 spiro atoms. The van der Waals surface area contributed by atoms with Crippen molar-refractivity contribution >= 4 is 7.12 Å². The Bertz CT molecular complexity index is 471. The van der Waals surface area contributed by atoms with E-state index in [4.69, 9.17) is 10.0 Å². The molecule has 0 amide bonds. The number of hydrogen-bond donors (Lipinski definition) is 2. The molecule has 2 aliphatic rings. The Labute approximate surface area is 113 Å². The van der Waals surface area contributed by atoms with Crippen LogP contribution >= 0.6 is 0 Å². The van der Waals surface area contributed by atoms with E-state index in [1.165, 1.54) is 12.8 Å². The first-order chi connectivity index (χ1) is 9.22. The maximum atomic E-state index is 9.09. The third-order valence-corrected chi connectivity index (χ3v) is 3.73. The summed E-state index contributed by atoms with van der Waals surface area (Å²) in [4.78, 5) is 11.1. The standard InChI is InChI=1S/C13H18BN3O2/c18-14(19)12-3-5-17(6-4-12)9-10-7-15-13(16-8-10)11-1-2-11/h3,7-8,11,18-19H,1-2,4-6,9H2. The molecule has 1 saturated carbocycles. The van der Waals surface area contributed by atoms with Crippen molar-refractivity contribution in [1.82, 2.24) is 14.9 Å². The SMILES string of the molecule is OB(O)C1=CCN(Cc2cnc(C3CC3)nc2)CC1. The first-order valence-electron chi connectivity index (χ1n) is 6.80. The van der Waals surface area contributed by atoms with Crippen LogP contribution in [0.5, 0.6) is 0 Å². The van der Waals surface area contributed by atoms with Crippen LogP contribution in [-0.2, 0) is 6.54 Å². The zero-order chi connectivity index (χ0) is 13.2. The van der Waals surface area contributed by atoms with Gasteiger partial charge in [-0.15, -0.1) is 0 Å². The quantitative estimate of drug-likeness (QED) is 0.770. The van der Waals surface area contributed by atoms with Crippen molar-refractivity contribution in [3.8, 4) is 0 Å². The molecule has 6 heteroatoms. The monoisotopic (exact) mass is 259 g/mol. The van der Waals surface area contributed by atoms with Gasteiger partial charge in [0.25, 0.3) is 0 Å². The Morgan fingerprint density at radius 3 is 2.53 bits per heavy atom. The van der Waals surface area contributed by atoms with Crippen LogP contribution in [0.25, 0.3) is 0 Å². The zero-order valence-corrected chi connectivity index (χ0v) is 10.9. The fraction of sp³-hybridized carbons (Fsp3) is 0.538. The molecule has 100 valence electrons. The summed E-state index contributed by atoms with van der Waals surface area (Å²) in [5.74, 6) is 1.58. The van der Waals surface area contributed by atoms with Crippen molar-refractivity contribution in [3.63, 3.8) is 0 Å². The van der Waals surface area contributed by atoms with Gasteiger partial charge in [-0.05, 0) is 24.7 Å². The molecule has 0 bridgehead atoms. The van der Waals surface area contributed by atoms with Crippen molar-refractivity contribution in [2.45, 2.75) is 31.7 Å². The van der Waals surface area contributed by atoms with Gasteiger partial charge in [0.05, 0.1) is 0 Å². The number of nitrogens with zero attached hydrogens (tertiary/aromatic N) is 3. The third-order valence-electron chi connectivity index (χ3n) is 3.73. The predicted octanol–water partition coefficient (Wildman–Crippen LogP) is 0.498. The molecule has 2 heterocycles. The zero-order valence-electron chi connectivity index (χ0n) is 10.9. The van der Waals surface area contributed by atoms with Gasteiger partial charge in [-0.3, -0.25) is 4.90 Å². The van der Waals surface area contributed by atoms with Gasteiger partial charge in [0.15, 0.2) is 0 Å². The highest BCUT2D eigenvalue weighted by Gasteiger charge is 2.26. The minimum Gasteiger partial charge on any atom is -0.423 e. The molecule has 5 nitrogen and oxygen atoms in total. The first kappa shape index (κ1) is 12.8. The van der Waals surface area contributed by atoms with E-state index in [1.807, 2.05) is 18.5 Å². The molecule has 0 saturated heterocycles. The molecule has 0 atom stereocenters. The fourth-order valence-electron chi connectivity index (χ4n) is 2.36. The Morgan fingerprint density at radius 2 is 2.00 bits per heavy atom. The third kappa shape index (κ3) is 3.21. The van der Waals surface area contributed by atoms with E-state index in [0.29, 0.717) is 12.3 Å². The van der Waals surface area contributed by atoms with Crippen molar-refractivity contribution in [3.05, 3.63) is 35.3 Å². The highest BCUT2D eigenvalue weighted by Crippen LogP contribution is 2.37. The summed E-state index contributed by atoms with van der Waals surface area (Å²) in [6, 6.07) is 0. The first-order valence-corrected chi connectivity index (χ1v) is 6.80. The maximum Gasteiger partial charge on any atom is 0.483 e. The van der Waals surface area contributed by atoms with Gasteiger partial charge < -0.3 is 10.0 Å². The van der Waals surface area contributed by atoms with Crippen LogP contribution in [0.4, 0.5) is 0 Å². The smallest absolute Gasteiger partial charge is 0.423 e. The molecule has 1 aromatic rings. The summed E-state index contributed by atoms with van der Waals surface area (Å²) in [7, 11) is -1.30. The molecule has 0 radical (unpaired) electrons. The van der Waals surface area contributed by atoms with Gasteiger partial charge in [0.1, 0.15) is 5.82 Å². The lowest BCUT2D eigenvalue weighted by atomic mass is 9.76. The second-order valence-electron chi connectivity index (χ2n) is 5.36. The molecular weight excluding hydrogens is 241 g/mol. The molecule has 1 aliphatic carbocycles. The van der Waals surface area contributed by atoms with E-state index in [1.54, 1.807) is 0 Å². The van der Waals surface area contributed by atoms with E-state index < -0.39 is 7.12 Å². The van der Waals surface area contributed by atoms with Gasteiger partial charge in [-0.1, -0.05) is 6.08 Å². The summed E-state index contributed by atoms with van der Waals surface area (Å²) in [6.07, 6.45) is 8.89. The van der Waals surface area contributed by atoms with E-state index in [0.717, 1.165) is 36.5 Å². The minimum atomic E-state index is -1.30. The van der Waals surface area contributed by atoms with Crippen LogP contribution < -0.4 is 0 Å². The van der Waals surface area contributed by atoms with Crippen LogP contribution in [0.2, 0.25) is 0 Å². The number of aromatic nitrogens is 2. The Kier molecular flexibility index (Phi) is 3.64. The fourth-order valence-corrected chi connectivity index (χ4v) is 2.36. The molecule has 1 fully saturated rings. The van der Waals surface area contributed by atoms with Crippen LogP contribution in [0, 0.1) is 0 Å². The van der Waals surface area contributed by atoms with Crippen LogP contribution in [-0.4, -0.2) is 45.1 Å². The lowest BCUT2D eigenvalue weighted by molar-refractivity contribution is 0.284. The highest BCUT2D eigenvalue weighted by molar-refractivity contribution is 6.50. The van der Waals surface area contributed by atoms with Crippen molar-refractivity contribution < 1.29 is 10.0 Å². The number of rotatable bonds is 4. The van der Waals surface area contributed by atoms with Crippen LogP contribution in [0.15, 0.2) is 23.9 Å². The lowest BCUT2D eigenvalue weighted by Gasteiger charge is -2.25. The number of hydrogen-bond acceptors (Lipinski definition) is 5. The molecule has 1 aromatic heterocycles. The van der Waals surface area contributed by atoms with E-state index in [9.17, 15) is 0 Å². The highest BCUT2D eigenvalue weighted by atomic mass is 16.4. The summed E-state index contributed by atoms with van der Waals surface area (Å²) in [5, 5.41) is 18.2. The van der Waals surface area contributed by atoms with Gasteiger partial charge >= 0.3 is 7.12 Å². The average Bonchev–Trinajstić information content (AvgIpc) is 3.25. The molecule has 0 aromatic carbocycles. The van der Waals surface area contributed by atoms with E-state index in [-0.39, 0.29) is 0 Å². The summed E-state index contributed by atoms with van der Waals surface area (Å²) >= 11 is 0. The topological polar surface area (TPSA) is 69.5 Å². The molecule has 2 N–H and O–H groups in total. The normalized spacial score (nSPS) is 20.2. The summed E-state index contributed by atoms with van der Waals surface area (Å²) < 4.78 is 0. The van der Waals surface area contributed by atoms with Crippen molar-refractivity contribution in [2.24, 2.45) is 0 Å². The average molecular weight is 259 g/mol. The predicted molar refractivity (Wildman–Crippen MR) is 72.2 cm³/mol. The molecule has 3 rings (SSSR count). The summed E-state index contributed by atoms with van der Waals surface area (Å²) in [5.41, 5.74) is 1.84. The van der Waals surface area contributed by atoms with E-state index >= 15 is 0 Å². The summed E-state index contributed by atoms with van der Waals surface area (Å²) in [6.45, 7) is 2.40. The second kappa shape index (κ2) is 5.40. The van der Waals surface area contributed by atoms with Gasteiger partial charge in [-0.25, -0.2) is 9.97 Å². The Balaban J connectivity index is 1.57. The second-order valence-corrected chi connectivity index (χ2v) is 5.36. The Morgan fingerprint density at radius 1 is 1.26 bits per heavy atom. The van der Waals surface area contributed by atoms with Gasteiger partial charge in [0, 0.05) is 43.5 Å². The van der Waals surface area contributed by atoms with Crippen molar-refractivity contribution in [2.75, 3.05) is 13.1 Å². The Hall–Kier alpha value is -1.24. The molecule has 19 heavy (non-hydrogen) atoms. The molecular formula is C13H18BN3O2. The van der Waals surface area contributed by atoms with Crippen molar-refractivity contribution in [1.29, 1.82) is 0 Å². The lowest BCUT2D eigenvalue weighted by Crippen LogP contribution is -2.32.